The normalized spacial score (nSPS) is 9.56. The van der Waals surface area contributed by atoms with E-state index in [9.17, 15) is 9.59 Å². The molecule has 0 radical (unpaired) electrons. The first-order valence-electron chi connectivity index (χ1n) is 5.46. The molecule has 2 rings (SSSR count). The molecule has 2 amide bonds. The van der Waals surface area contributed by atoms with Crippen molar-refractivity contribution in [3.05, 3.63) is 60.2 Å². The first-order chi connectivity index (χ1) is 8.79. The smallest absolute Gasteiger partial charge is 0.255 e. The third-order valence-electron chi connectivity index (χ3n) is 2.38. The lowest BCUT2D eigenvalue weighted by Crippen LogP contribution is -2.11. The van der Waals surface area contributed by atoms with Crippen LogP contribution in [0, 0.1) is 0 Å². The second kappa shape index (κ2) is 5.63. The van der Waals surface area contributed by atoms with E-state index in [2.05, 4.69) is 10.6 Å². The van der Waals surface area contributed by atoms with Crippen LogP contribution in [0.25, 0.3) is 0 Å². The fourth-order valence-corrected chi connectivity index (χ4v) is 1.55. The number of benzene rings is 2. The van der Waals surface area contributed by atoms with Gasteiger partial charge in [0.2, 0.25) is 6.41 Å². The van der Waals surface area contributed by atoms with Gasteiger partial charge in [0.1, 0.15) is 0 Å². The Morgan fingerprint density at radius 2 is 1.67 bits per heavy atom. The minimum absolute atomic E-state index is 0.182. The minimum Gasteiger partial charge on any atom is -0.329 e. The van der Waals surface area contributed by atoms with E-state index in [0.29, 0.717) is 23.3 Å². The monoisotopic (exact) mass is 240 g/mol. The number of rotatable bonds is 4. The standard InChI is InChI=1S/C14H12N2O2/c17-10-15-12-7-4-8-13(9-12)16-14(18)11-5-2-1-3-6-11/h1-10H,(H,15,17)(H,16,18). The van der Waals surface area contributed by atoms with Crippen molar-refractivity contribution < 1.29 is 9.59 Å². The highest BCUT2D eigenvalue weighted by molar-refractivity contribution is 6.04. The van der Waals surface area contributed by atoms with Gasteiger partial charge < -0.3 is 10.6 Å². The third kappa shape index (κ3) is 2.95. The van der Waals surface area contributed by atoms with Crippen LogP contribution in [-0.2, 0) is 4.79 Å². The number of hydrogen-bond donors (Lipinski definition) is 2. The lowest BCUT2D eigenvalue weighted by Gasteiger charge is -2.06. The van der Waals surface area contributed by atoms with Crippen molar-refractivity contribution in [3.8, 4) is 0 Å². The summed E-state index contributed by atoms with van der Waals surface area (Å²) in [6.07, 6.45) is 0.595. The Kier molecular flexibility index (Phi) is 3.71. The van der Waals surface area contributed by atoms with Gasteiger partial charge in [0.15, 0.2) is 0 Å². The summed E-state index contributed by atoms with van der Waals surface area (Å²) in [6.45, 7) is 0. The van der Waals surface area contributed by atoms with Gasteiger partial charge in [-0.2, -0.15) is 0 Å². The SMILES string of the molecule is O=CNc1cccc(NC(=O)c2ccccc2)c1. The quantitative estimate of drug-likeness (QED) is 0.807. The summed E-state index contributed by atoms with van der Waals surface area (Å²) in [5.74, 6) is -0.182. The Labute approximate surface area is 105 Å². The van der Waals surface area contributed by atoms with Crippen LogP contribution in [0.1, 0.15) is 10.4 Å². The summed E-state index contributed by atoms with van der Waals surface area (Å²) >= 11 is 0. The van der Waals surface area contributed by atoms with Crippen LogP contribution < -0.4 is 10.6 Å². The lowest BCUT2D eigenvalue weighted by atomic mass is 10.2. The Balaban J connectivity index is 2.12. The Hall–Kier alpha value is -2.62. The van der Waals surface area contributed by atoms with Crippen molar-refractivity contribution in [2.75, 3.05) is 10.6 Å². The van der Waals surface area contributed by atoms with Crippen LogP contribution in [0.15, 0.2) is 54.6 Å². The maximum atomic E-state index is 11.9. The van der Waals surface area contributed by atoms with Crippen LogP contribution >= 0.6 is 0 Å². The molecule has 0 heterocycles. The first kappa shape index (κ1) is 11.9. The predicted molar refractivity (Wildman–Crippen MR) is 70.5 cm³/mol. The number of hydrogen-bond acceptors (Lipinski definition) is 2. The average molecular weight is 240 g/mol. The van der Waals surface area contributed by atoms with E-state index in [1.165, 1.54) is 0 Å². The number of carbonyl (C=O) groups is 2. The van der Waals surface area contributed by atoms with Crippen molar-refractivity contribution in [2.45, 2.75) is 0 Å². The largest absolute Gasteiger partial charge is 0.329 e. The van der Waals surface area contributed by atoms with E-state index in [4.69, 9.17) is 0 Å². The van der Waals surface area contributed by atoms with Gasteiger partial charge in [-0.25, -0.2) is 0 Å². The highest BCUT2D eigenvalue weighted by atomic mass is 16.1. The van der Waals surface area contributed by atoms with Crippen LogP contribution in [0.5, 0.6) is 0 Å². The van der Waals surface area contributed by atoms with Crippen molar-refractivity contribution in [3.63, 3.8) is 0 Å². The number of nitrogens with one attached hydrogen (secondary N) is 2. The van der Waals surface area contributed by atoms with Crippen molar-refractivity contribution >= 4 is 23.7 Å². The molecule has 0 unspecified atom stereocenters. The molecule has 0 saturated carbocycles. The summed E-state index contributed by atoms with van der Waals surface area (Å²) in [7, 11) is 0. The van der Waals surface area contributed by atoms with Gasteiger partial charge in [-0.05, 0) is 30.3 Å². The van der Waals surface area contributed by atoms with Gasteiger partial charge in [-0.15, -0.1) is 0 Å². The van der Waals surface area contributed by atoms with E-state index in [-0.39, 0.29) is 5.91 Å². The third-order valence-corrected chi connectivity index (χ3v) is 2.38. The molecule has 18 heavy (non-hydrogen) atoms. The molecular weight excluding hydrogens is 228 g/mol. The summed E-state index contributed by atoms with van der Waals surface area (Å²) in [5.41, 5.74) is 1.86. The zero-order chi connectivity index (χ0) is 12.8. The number of amides is 2. The maximum Gasteiger partial charge on any atom is 0.255 e. The maximum absolute atomic E-state index is 11.9. The summed E-state index contributed by atoms with van der Waals surface area (Å²) in [4.78, 5) is 22.2. The molecule has 0 aliphatic heterocycles. The minimum atomic E-state index is -0.182. The fraction of sp³-hybridized carbons (Fsp3) is 0. The van der Waals surface area contributed by atoms with Crippen molar-refractivity contribution in [1.29, 1.82) is 0 Å². The predicted octanol–water partition coefficient (Wildman–Crippen LogP) is 2.51. The molecular formula is C14H12N2O2. The van der Waals surface area contributed by atoms with Crippen molar-refractivity contribution in [1.82, 2.24) is 0 Å². The summed E-state index contributed by atoms with van der Waals surface area (Å²) in [6, 6.07) is 15.9. The highest BCUT2D eigenvalue weighted by Gasteiger charge is 2.04. The molecule has 0 fully saturated rings. The molecule has 4 nitrogen and oxygen atoms in total. The Morgan fingerprint density at radius 3 is 2.39 bits per heavy atom. The molecule has 0 saturated heterocycles. The molecule has 2 N–H and O–H groups in total. The van der Waals surface area contributed by atoms with E-state index in [1.807, 2.05) is 6.07 Å². The molecule has 4 heteroatoms. The summed E-state index contributed by atoms with van der Waals surface area (Å²) < 4.78 is 0. The fourth-order valence-electron chi connectivity index (χ4n) is 1.55. The molecule has 2 aromatic rings. The van der Waals surface area contributed by atoms with Gasteiger partial charge in [0.05, 0.1) is 0 Å². The van der Waals surface area contributed by atoms with E-state index >= 15 is 0 Å². The Morgan fingerprint density at radius 1 is 0.944 bits per heavy atom. The lowest BCUT2D eigenvalue weighted by molar-refractivity contribution is -0.105. The molecule has 0 aromatic heterocycles. The highest BCUT2D eigenvalue weighted by Crippen LogP contribution is 2.15. The van der Waals surface area contributed by atoms with Crippen LogP contribution in [0.2, 0.25) is 0 Å². The first-order valence-corrected chi connectivity index (χ1v) is 5.46. The number of carbonyl (C=O) groups excluding carboxylic acids is 2. The summed E-state index contributed by atoms with van der Waals surface area (Å²) in [5, 5.41) is 5.29. The molecule has 0 aliphatic rings. The van der Waals surface area contributed by atoms with Crippen LogP contribution in [-0.4, -0.2) is 12.3 Å². The van der Waals surface area contributed by atoms with Crippen LogP contribution in [0.3, 0.4) is 0 Å². The molecule has 2 aromatic carbocycles. The molecule has 0 aliphatic carbocycles. The zero-order valence-electron chi connectivity index (χ0n) is 9.59. The average Bonchev–Trinajstić information content (AvgIpc) is 2.40. The Bertz CT molecular complexity index is 553. The van der Waals surface area contributed by atoms with Gasteiger partial charge in [0, 0.05) is 16.9 Å². The zero-order valence-corrected chi connectivity index (χ0v) is 9.59. The number of anilines is 2. The van der Waals surface area contributed by atoms with Gasteiger partial charge >= 0.3 is 0 Å². The topological polar surface area (TPSA) is 58.2 Å². The second-order valence-corrected chi connectivity index (χ2v) is 3.66. The molecule has 90 valence electrons. The van der Waals surface area contributed by atoms with E-state index in [1.54, 1.807) is 48.5 Å². The van der Waals surface area contributed by atoms with E-state index < -0.39 is 0 Å². The van der Waals surface area contributed by atoms with Crippen molar-refractivity contribution in [2.24, 2.45) is 0 Å². The van der Waals surface area contributed by atoms with Gasteiger partial charge in [0.25, 0.3) is 5.91 Å². The molecule has 0 bridgehead atoms. The van der Waals surface area contributed by atoms with E-state index in [0.717, 1.165) is 0 Å². The van der Waals surface area contributed by atoms with Gasteiger partial charge in [-0.3, -0.25) is 9.59 Å². The van der Waals surface area contributed by atoms with Gasteiger partial charge in [-0.1, -0.05) is 24.3 Å². The second-order valence-electron chi connectivity index (χ2n) is 3.66. The molecule has 0 atom stereocenters. The molecule has 0 spiro atoms. The van der Waals surface area contributed by atoms with Crippen LogP contribution in [0.4, 0.5) is 11.4 Å².